The Balaban J connectivity index is 0.000000406. The maximum Gasteiger partial charge on any atom is 0.490 e. The second-order valence-corrected chi connectivity index (χ2v) is 9.26. The quantitative estimate of drug-likeness (QED) is 0.614. The van der Waals surface area contributed by atoms with Crippen LogP contribution in [0.4, 0.5) is 13.2 Å². The van der Waals surface area contributed by atoms with Crippen molar-refractivity contribution >= 4 is 11.9 Å². The van der Waals surface area contributed by atoms with Crippen molar-refractivity contribution in [3.8, 4) is 0 Å². The van der Waals surface area contributed by atoms with Crippen LogP contribution in [0.3, 0.4) is 0 Å². The largest absolute Gasteiger partial charge is 0.490 e. The molecule has 1 aliphatic carbocycles. The highest BCUT2D eigenvalue weighted by molar-refractivity contribution is 5.77. The molecule has 1 saturated carbocycles. The molecule has 2 atom stereocenters. The van der Waals surface area contributed by atoms with Crippen LogP contribution in [0.15, 0.2) is 0 Å². The van der Waals surface area contributed by atoms with E-state index >= 15 is 0 Å². The molecule has 1 amide bonds. The van der Waals surface area contributed by atoms with Crippen LogP contribution in [0, 0.1) is 0 Å². The molecule has 0 radical (unpaired) electrons. The highest BCUT2D eigenvalue weighted by Gasteiger charge is 2.44. The normalized spacial score (nSPS) is 29.0. The van der Waals surface area contributed by atoms with Gasteiger partial charge in [0.25, 0.3) is 0 Å². The van der Waals surface area contributed by atoms with Crippen LogP contribution in [0.2, 0.25) is 0 Å². The fourth-order valence-corrected chi connectivity index (χ4v) is 4.77. The molecule has 0 aromatic rings. The van der Waals surface area contributed by atoms with Gasteiger partial charge in [-0.15, -0.1) is 0 Å². The molecular formula is C22H35F3N2O7. The molecule has 3 aliphatic heterocycles. The number of aliphatic carboxylic acids is 1. The minimum absolute atomic E-state index is 0.0759. The van der Waals surface area contributed by atoms with Gasteiger partial charge < -0.3 is 29.0 Å². The lowest BCUT2D eigenvalue weighted by molar-refractivity contribution is -0.192. The molecule has 9 nitrogen and oxygen atoms in total. The number of amides is 1. The number of carbonyl (C=O) groups excluding carboxylic acids is 1. The fourth-order valence-electron chi connectivity index (χ4n) is 4.77. The van der Waals surface area contributed by atoms with E-state index in [1.807, 2.05) is 4.90 Å². The molecule has 196 valence electrons. The van der Waals surface area contributed by atoms with Crippen molar-refractivity contribution in [2.75, 3.05) is 65.8 Å². The first-order valence-electron chi connectivity index (χ1n) is 11.9. The van der Waals surface area contributed by atoms with Crippen LogP contribution < -0.4 is 0 Å². The Hall–Kier alpha value is -1.47. The Kier molecular flexibility index (Phi) is 9.95. The van der Waals surface area contributed by atoms with Gasteiger partial charge >= 0.3 is 12.1 Å². The van der Waals surface area contributed by atoms with Crippen LogP contribution in [0.25, 0.3) is 0 Å². The van der Waals surface area contributed by atoms with E-state index in [0.717, 1.165) is 58.5 Å². The third-order valence-corrected chi connectivity index (χ3v) is 6.59. The van der Waals surface area contributed by atoms with Crippen molar-refractivity contribution in [1.82, 2.24) is 9.80 Å². The first-order chi connectivity index (χ1) is 16.2. The number of carboxylic acid groups (broad SMARTS) is 1. The molecular weight excluding hydrogens is 461 g/mol. The fraction of sp³-hybridized carbons (Fsp3) is 0.909. The Bertz CT molecular complexity index is 669. The number of hydrogen-bond donors (Lipinski definition) is 1. The summed E-state index contributed by atoms with van der Waals surface area (Å²) in [4.78, 5) is 25.9. The summed E-state index contributed by atoms with van der Waals surface area (Å²) in [5, 5.41) is 7.12. The molecule has 0 bridgehead atoms. The van der Waals surface area contributed by atoms with Crippen molar-refractivity contribution in [3.05, 3.63) is 0 Å². The van der Waals surface area contributed by atoms with E-state index in [4.69, 9.17) is 28.8 Å². The minimum Gasteiger partial charge on any atom is -0.475 e. The van der Waals surface area contributed by atoms with Gasteiger partial charge in [-0.1, -0.05) is 12.8 Å². The molecule has 3 saturated heterocycles. The minimum atomic E-state index is -5.08. The Morgan fingerprint density at radius 3 is 2.32 bits per heavy atom. The molecule has 1 spiro atoms. The highest BCUT2D eigenvalue weighted by atomic mass is 19.4. The van der Waals surface area contributed by atoms with Gasteiger partial charge in [-0.05, 0) is 25.7 Å². The van der Waals surface area contributed by atoms with Crippen LogP contribution in [0.5, 0.6) is 0 Å². The molecule has 12 heteroatoms. The topological polar surface area (TPSA) is 97.8 Å². The Morgan fingerprint density at radius 1 is 1.03 bits per heavy atom. The average Bonchev–Trinajstić information content (AvgIpc) is 3.40. The summed E-state index contributed by atoms with van der Waals surface area (Å²) in [6, 6.07) is 0. The van der Waals surface area contributed by atoms with E-state index in [9.17, 15) is 18.0 Å². The zero-order chi connectivity index (χ0) is 24.6. The molecule has 3 heterocycles. The number of rotatable bonds is 5. The average molecular weight is 497 g/mol. The summed E-state index contributed by atoms with van der Waals surface area (Å²) in [6.45, 7) is 7.13. The van der Waals surface area contributed by atoms with E-state index in [1.54, 1.807) is 0 Å². The van der Waals surface area contributed by atoms with E-state index < -0.39 is 12.1 Å². The molecule has 34 heavy (non-hydrogen) atoms. The van der Waals surface area contributed by atoms with Crippen molar-refractivity contribution in [1.29, 1.82) is 0 Å². The number of ether oxygens (including phenoxy) is 4. The van der Waals surface area contributed by atoms with E-state index in [2.05, 4.69) is 4.90 Å². The van der Waals surface area contributed by atoms with Crippen molar-refractivity contribution in [2.45, 2.75) is 62.5 Å². The number of alkyl halides is 3. The molecule has 4 rings (SSSR count). The summed E-state index contributed by atoms with van der Waals surface area (Å²) in [6.07, 6.45) is 2.01. The SMILES string of the molecule is O=C(COC1CCCC1)N1CCOCC2(CCC(CN3CCOCC3)O2)C1.O=C(O)C(F)(F)F. The second-order valence-electron chi connectivity index (χ2n) is 9.26. The molecule has 4 fully saturated rings. The summed E-state index contributed by atoms with van der Waals surface area (Å²) in [5.74, 6) is -2.68. The zero-order valence-corrected chi connectivity index (χ0v) is 19.4. The van der Waals surface area contributed by atoms with Gasteiger partial charge in [0.2, 0.25) is 5.91 Å². The first kappa shape index (κ1) is 27.1. The second kappa shape index (κ2) is 12.5. The number of morpholine rings is 1. The molecule has 0 aromatic carbocycles. The van der Waals surface area contributed by atoms with Gasteiger partial charge in [0, 0.05) is 26.2 Å². The third-order valence-electron chi connectivity index (χ3n) is 6.59. The van der Waals surface area contributed by atoms with Crippen LogP contribution >= 0.6 is 0 Å². The first-order valence-corrected chi connectivity index (χ1v) is 11.9. The van der Waals surface area contributed by atoms with E-state index in [0.29, 0.717) is 26.3 Å². The number of halogens is 3. The molecule has 0 aromatic heterocycles. The van der Waals surface area contributed by atoms with Gasteiger partial charge in [0.1, 0.15) is 12.2 Å². The summed E-state index contributed by atoms with van der Waals surface area (Å²) in [7, 11) is 0. The van der Waals surface area contributed by atoms with E-state index in [1.165, 1.54) is 12.8 Å². The summed E-state index contributed by atoms with van der Waals surface area (Å²) >= 11 is 0. The molecule has 1 N–H and O–H groups in total. The van der Waals surface area contributed by atoms with Gasteiger partial charge in [-0.25, -0.2) is 4.79 Å². The van der Waals surface area contributed by atoms with Gasteiger partial charge in [0.15, 0.2) is 0 Å². The lowest BCUT2D eigenvalue weighted by Gasteiger charge is -2.33. The molecule has 2 unspecified atom stereocenters. The van der Waals surface area contributed by atoms with E-state index in [-0.39, 0.29) is 30.3 Å². The monoisotopic (exact) mass is 496 g/mol. The maximum atomic E-state index is 12.7. The van der Waals surface area contributed by atoms with Gasteiger partial charge in [-0.2, -0.15) is 13.2 Å². The predicted octanol–water partition coefficient (Wildman–Crippen LogP) is 1.69. The number of nitrogens with zero attached hydrogens (tertiary/aromatic N) is 2. The lowest BCUT2D eigenvalue weighted by atomic mass is 10.00. The lowest BCUT2D eigenvalue weighted by Crippen LogP contribution is -2.48. The van der Waals surface area contributed by atoms with Crippen LogP contribution in [-0.4, -0.2) is 117 Å². The maximum absolute atomic E-state index is 12.7. The number of carbonyl (C=O) groups is 2. The Labute approximate surface area is 197 Å². The summed E-state index contributed by atoms with van der Waals surface area (Å²) < 4.78 is 55.3. The van der Waals surface area contributed by atoms with Crippen LogP contribution in [-0.2, 0) is 28.5 Å². The van der Waals surface area contributed by atoms with Gasteiger partial charge in [-0.3, -0.25) is 9.69 Å². The predicted molar refractivity (Wildman–Crippen MR) is 113 cm³/mol. The zero-order valence-electron chi connectivity index (χ0n) is 19.4. The van der Waals surface area contributed by atoms with Crippen molar-refractivity contribution in [2.24, 2.45) is 0 Å². The standard InChI is InChI=1S/C20H34N2O5.C2HF3O2/c23-19(14-26-17-3-1-2-4-17)22-9-12-25-16-20(15-22)6-5-18(27-20)13-21-7-10-24-11-8-21;3-2(4,5)1(6)7/h17-18H,1-16H2;(H,6,7). The van der Waals surface area contributed by atoms with Gasteiger partial charge in [0.05, 0.1) is 45.2 Å². The highest BCUT2D eigenvalue weighted by Crippen LogP contribution is 2.33. The smallest absolute Gasteiger partial charge is 0.475 e. The third kappa shape index (κ3) is 8.33. The van der Waals surface area contributed by atoms with Crippen molar-refractivity contribution in [3.63, 3.8) is 0 Å². The number of carboxylic acids is 1. The van der Waals surface area contributed by atoms with Crippen molar-refractivity contribution < 1.29 is 46.8 Å². The molecule has 4 aliphatic rings. The summed E-state index contributed by atoms with van der Waals surface area (Å²) in [5.41, 5.74) is -0.351. The Morgan fingerprint density at radius 2 is 1.68 bits per heavy atom. The van der Waals surface area contributed by atoms with Crippen LogP contribution in [0.1, 0.15) is 38.5 Å². The number of hydrogen-bond acceptors (Lipinski definition) is 7.